The minimum Gasteiger partial charge on any atom is -0.496 e. The van der Waals surface area contributed by atoms with Gasteiger partial charge in [0.05, 0.1) is 7.11 Å². The van der Waals surface area contributed by atoms with Crippen LogP contribution in [0.5, 0.6) is 5.75 Å². The molecule has 4 nitrogen and oxygen atoms in total. The van der Waals surface area contributed by atoms with Gasteiger partial charge < -0.3 is 10.1 Å². The molecule has 1 amide bonds. The van der Waals surface area contributed by atoms with Gasteiger partial charge in [0, 0.05) is 18.0 Å². The monoisotopic (exact) mass is 324 g/mol. The van der Waals surface area contributed by atoms with Crippen molar-refractivity contribution in [2.24, 2.45) is 0 Å². The zero-order valence-corrected chi connectivity index (χ0v) is 13.5. The molecule has 0 fully saturated rings. The lowest BCUT2D eigenvalue weighted by Gasteiger charge is -2.10. The molecule has 0 unspecified atom stereocenters. The van der Waals surface area contributed by atoms with E-state index in [1.165, 1.54) is 19.2 Å². The van der Waals surface area contributed by atoms with E-state index in [1.54, 1.807) is 12.1 Å². The van der Waals surface area contributed by atoms with Crippen molar-refractivity contribution in [3.05, 3.63) is 71.2 Å². The molecule has 122 valence electrons. The van der Waals surface area contributed by atoms with Crippen LogP contribution in [0.3, 0.4) is 0 Å². The summed E-state index contributed by atoms with van der Waals surface area (Å²) in [6.07, 6.45) is 0. The van der Waals surface area contributed by atoms with Gasteiger partial charge in [-0.15, -0.1) is 0 Å². The van der Waals surface area contributed by atoms with Crippen molar-refractivity contribution in [2.75, 3.05) is 7.11 Å². The van der Waals surface area contributed by atoms with Crippen molar-refractivity contribution in [1.29, 1.82) is 0 Å². The summed E-state index contributed by atoms with van der Waals surface area (Å²) in [6, 6.07) is 14.0. The van der Waals surface area contributed by atoms with Gasteiger partial charge in [-0.05, 0) is 24.6 Å². The van der Waals surface area contributed by atoms with E-state index in [1.807, 2.05) is 31.2 Å². The second-order valence-corrected chi connectivity index (χ2v) is 5.51. The van der Waals surface area contributed by atoms with Crippen LogP contribution < -0.4 is 10.1 Å². The molecule has 3 rings (SSSR count). The number of methoxy groups -OCH3 is 1. The number of halogens is 1. The van der Waals surface area contributed by atoms with Crippen LogP contribution in [0, 0.1) is 12.7 Å². The Morgan fingerprint density at radius 2 is 1.96 bits per heavy atom. The number of nitrogens with one attached hydrogen (secondary N) is 1. The van der Waals surface area contributed by atoms with Crippen LogP contribution in [0.1, 0.15) is 21.6 Å². The maximum absolute atomic E-state index is 14.0. The molecule has 2 aromatic carbocycles. The molecule has 0 atom stereocenters. The predicted octanol–water partition coefficient (Wildman–Crippen LogP) is 3.62. The van der Waals surface area contributed by atoms with E-state index in [-0.39, 0.29) is 17.1 Å². The lowest BCUT2D eigenvalue weighted by atomic mass is 10.1. The van der Waals surface area contributed by atoms with Gasteiger partial charge in [-0.3, -0.25) is 4.79 Å². The number of hydrogen-bond donors (Lipinski definition) is 1. The minimum absolute atomic E-state index is 0.122. The van der Waals surface area contributed by atoms with Crippen molar-refractivity contribution in [1.82, 2.24) is 10.3 Å². The van der Waals surface area contributed by atoms with E-state index in [0.29, 0.717) is 17.7 Å². The molecule has 1 heterocycles. The van der Waals surface area contributed by atoms with Gasteiger partial charge in [0.1, 0.15) is 22.8 Å². The van der Waals surface area contributed by atoms with E-state index in [2.05, 4.69) is 10.3 Å². The van der Waals surface area contributed by atoms with E-state index in [4.69, 9.17) is 4.74 Å². The molecule has 0 aliphatic carbocycles. The summed E-state index contributed by atoms with van der Waals surface area (Å²) in [7, 11) is 1.48. The third-order valence-corrected chi connectivity index (χ3v) is 3.78. The molecule has 1 aromatic heterocycles. The molecular weight excluding hydrogens is 307 g/mol. The third kappa shape index (κ3) is 3.20. The smallest absolute Gasteiger partial charge is 0.270 e. The van der Waals surface area contributed by atoms with Gasteiger partial charge in [-0.1, -0.05) is 35.9 Å². The van der Waals surface area contributed by atoms with E-state index < -0.39 is 5.82 Å². The summed E-state index contributed by atoms with van der Waals surface area (Å²) < 4.78 is 19.2. The minimum atomic E-state index is -0.487. The Morgan fingerprint density at radius 1 is 1.21 bits per heavy atom. The van der Waals surface area contributed by atoms with Crippen molar-refractivity contribution in [2.45, 2.75) is 13.5 Å². The number of amides is 1. The highest BCUT2D eigenvalue weighted by atomic mass is 19.1. The number of hydrogen-bond acceptors (Lipinski definition) is 3. The molecule has 5 heteroatoms. The Balaban J connectivity index is 1.86. The summed E-state index contributed by atoms with van der Waals surface area (Å²) in [6.45, 7) is 2.38. The highest BCUT2D eigenvalue weighted by molar-refractivity contribution is 5.97. The molecular formula is C19H17FN2O2. The summed E-state index contributed by atoms with van der Waals surface area (Å²) in [4.78, 5) is 16.5. The molecule has 0 aliphatic rings. The number of aryl methyl sites for hydroxylation is 1. The zero-order valence-electron chi connectivity index (χ0n) is 13.5. The maximum atomic E-state index is 14.0. The molecule has 0 saturated heterocycles. The normalized spacial score (nSPS) is 10.6. The molecule has 0 saturated carbocycles. The largest absolute Gasteiger partial charge is 0.496 e. The first-order valence-electron chi connectivity index (χ1n) is 7.55. The number of fused-ring (bicyclic) bond motifs is 1. The quantitative estimate of drug-likeness (QED) is 0.797. The van der Waals surface area contributed by atoms with Gasteiger partial charge in [-0.25, -0.2) is 9.37 Å². The van der Waals surface area contributed by atoms with Crippen LogP contribution in [-0.4, -0.2) is 18.0 Å². The predicted molar refractivity (Wildman–Crippen MR) is 90.6 cm³/mol. The molecule has 0 aliphatic heterocycles. The molecule has 24 heavy (non-hydrogen) atoms. The summed E-state index contributed by atoms with van der Waals surface area (Å²) >= 11 is 0. The van der Waals surface area contributed by atoms with Crippen LogP contribution in [0.15, 0.2) is 48.5 Å². The fourth-order valence-corrected chi connectivity index (χ4v) is 2.45. The topological polar surface area (TPSA) is 51.2 Å². The molecule has 3 aromatic rings. The van der Waals surface area contributed by atoms with Crippen molar-refractivity contribution in [3.8, 4) is 5.75 Å². The molecule has 0 radical (unpaired) electrons. The molecule has 0 bridgehead atoms. The maximum Gasteiger partial charge on any atom is 0.270 e. The lowest BCUT2D eigenvalue weighted by molar-refractivity contribution is 0.0946. The van der Waals surface area contributed by atoms with Crippen LogP contribution in [0.4, 0.5) is 4.39 Å². The van der Waals surface area contributed by atoms with Crippen LogP contribution in [0.2, 0.25) is 0 Å². The van der Waals surface area contributed by atoms with Crippen molar-refractivity contribution < 1.29 is 13.9 Å². The van der Waals surface area contributed by atoms with Gasteiger partial charge in [0.2, 0.25) is 0 Å². The number of rotatable bonds is 4. The van der Waals surface area contributed by atoms with E-state index in [9.17, 15) is 9.18 Å². The van der Waals surface area contributed by atoms with Crippen molar-refractivity contribution >= 4 is 16.8 Å². The van der Waals surface area contributed by atoms with E-state index in [0.717, 1.165) is 11.1 Å². The first-order chi connectivity index (χ1) is 11.6. The standard InChI is InChI=1S/C19H17FN2O2/c1-12-6-8-13(9-7-12)11-21-19(23)16-10-17(24-2)14-4-3-5-15(20)18(14)22-16/h3-10H,11H2,1-2H3,(H,21,23). The number of ether oxygens (including phenoxy) is 1. The number of nitrogens with zero attached hydrogens (tertiary/aromatic N) is 1. The average Bonchev–Trinajstić information content (AvgIpc) is 2.60. The fourth-order valence-electron chi connectivity index (χ4n) is 2.45. The molecule has 0 spiro atoms. The average molecular weight is 324 g/mol. The van der Waals surface area contributed by atoms with Crippen LogP contribution in [0.25, 0.3) is 10.9 Å². The highest BCUT2D eigenvalue weighted by Crippen LogP contribution is 2.26. The van der Waals surface area contributed by atoms with Crippen molar-refractivity contribution in [3.63, 3.8) is 0 Å². The number of benzene rings is 2. The first kappa shape index (κ1) is 15.9. The molecule has 1 N–H and O–H groups in total. The number of pyridine rings is 1. The van der Waals surface area contributed by atoms with Crippen LogP contribution >= 0.6 is 0 Å². The third-order valence-electron chi connectivity index (χ3n) is 3.78. The number of carbonyl (C=O) groups is 1. The zero-order chi connectivity index (χ0) is 17.1. The highest BCUT2D eigenvalue weighted by Gasteiger charge is 2.14. The fraction of sp³-hybridized carbons (Fsp3) is 0.158. The van der Waals surface area contributed by atoms with Gasteiger partial charge >= 0.3 is 0 Å². The number of carbonyl (C=O) groups excluding carboxylic acids is 1. The van der Waals surface area contributed by atoms with Gasteiger partial charge in [0.25, 0.3) is 5.91 Å². The van der Waals surface area contributed by atoms with Gasteiger partial charge in [-0.2, -0.15) is 0 Å². The van der Waals surface area contributed by atoms with Crippen LogP contribution in [-0.2, 0) is 6.54 Å². The second kappa shape index (κ2) is 6.66. The Bertz CT molecular complexity index is 892. The summed E-state index contributed by atoms with van der Waals surface area (Å²) in [5.41, 5.74) is 2.38. The SMILES string of the molecule is COc1cc(C(=O)NCc2ccc(C)cc2)nc2c(F)cccc12. The Morgan fingerprint density at radius 3 is 2.67 bits per heavy atom. The Kier molecular flexibility index (Phi) is 4.42. The number of aromatic nitrogens is 1. The second-order valence-electron chi connectivity index (χ2n) is 5.51. The summed E-state index contributed by atoms with van der Waals surface area (Å²) in [5.74, 6) is -0.446. The first-order valence-corrected chi connectivity index (χ1v) is 7.55. The van der Waals surface area contributed by atoms with Gasteiger partial charge in [0.15, 0.2) is 0 Å². The Hall–Kier alpha value is -2.95. The Labute approximate surface area is 139 Å². The lowest BCUT2D eigenvalue weighted by Crippen LogP contribution is -2.24. The number of para-hydroxylation sites is 1. The summed E-state index contributed by atoms with van der Waals surface area (Å²) in [5, 5.41) is 3.33. The van der Waals surface area contributed by atoms with E-state index >= 15 is 0 Å².